The molecule has 0 aliphatic heterocycles. The van der Waals surface area contributed by atoms with Crippen LogP contribution >= 0.6 is 15.9 Å². The van der Waals surface area contributed by atoms with Gasteiger partial charge in [0.2, 0.25) is 0 Å². The number of hydrogen-bond acceptors (Lipinski definition) is 1. The second-order valence-corrected chi connectivity index (χ2v) is 7.25. The third-order valence-corrected chi connectivity index (χ3v) is 5.17. The van der Waals surface area contributed by atoms with Crippen molar-refractivity contribution in [3.05, 3.63) is 34.1 Å². The monoisotopic (exact) mass is 326 g/mol. The van der Waals surface area contributed by atoms with Gasteiger partial charge in [-0.3, -0.25) is 0 Å². The van der Waals surface area contributed by atoms with Crippen molar-refractivity contribution in [1.82, 2.24) is 0 Å². The molecule has 0 saturated heterocycles. The molecule has 0 aromatic heterocycles. The maximum Gasteiger partial charge on any atom is 0.126 e. The highest BCUT2D eigenvalue weighted by Crippen LogP contribution is 2.47. The van der Waals surface area contributed by atoms with Crippen molar-refractivity contribution in [2.24, 2.45) is 11.8 Å². The van der Waals surface area contributed by atoms with Gasteiger partial charge in [-0.1, -0.05) is 22.4 Å². The quantitative estimate of drug-likeness (QED) is 0.869. The molecule has 1 nitrogen and oxygen atoms in total. The number of benzene rings is 1. The van der Waals surface area contributed by atoms with Crippen LogP contribution in [-0.4, -0.2) is 10.7 Å². The van der Waals surface area contributed by atoms with Crippen LogP contribution in [0.1, 0.15) is 44.1 Å². The third-order valence-electron chi connectivity index (χ3n) is 4.68. The predicted molar refractivity (Wildman–Crippen MR) is 77.4 cm³/mol. The molecule has 0 heterocycles. The van der Waals surface area contributed by atoms with E-state index in [2.05, 4.69) is 15.9 Å². The summed E-state index contributed by atoms with van der Waals surface area (Å²) in [4.78, 5) is 0. The number of hydrogen-bond donors (Lipinski definition) is 1. The van der Waals surface area contributed by atoms with E-state index < -0.39 is 5.60 Å². The van der Waals surface area contributed by atoms with E-state index in [9.17, 15) is 9.50 Å². The average molecular weight is 327 g/mol. The third kappa shape index (κ3) is 3.19. The Bertz CT molecular complexity index is 472. The van der Waals surface area contributed by atoms with Crippen molar-refractivity contribution in [1.29, 1.82) is 0 Å². The summed E-state index contributed by atoms with van der Waals surface area (Å²) in [6.07, 6.45) is 7.08. The van der Waals surface area contributed by atoms with Crippen molar-refractivity contribution < 1.29 is 9.50 Å². The Hall–Kier alpha value is -0.410. The van der Waals surface area contributed by atoms with Crippen LogP contribution in [0.15, 0.2) is 22.7 Å². The molecule has 0 radical (unpaired) electrons. The Kier molecular flexibility index (Phi) is 3.69. The molecular formula is C16H20BrFO. The van der Waals surface area contributed by atoms with Crippen LogP contribution in [0.4, 0.5) is 4.39 Å². The van der Waals surface area contributed by atoms with Gasteiger partial charge in [0.05, 0.1) is 5.60 Å². The lowest BCUT2D eigenvalue weighted by Crippen LogP contribution is -2.38. The maximum absolute atomic E-state index is 13.8. The SMILES string of the molecule is OC1(Cc2cc(Br)ccc2F)CCCC(C2CC2)C1. The van der Waals surface area contributed by atoms with Gasteiger partial charge >= 0.3 is 0 Å². The highest BCUT2D eigenvalue weighted by atomic mass is 79.9. The van der Waals surface area contributed by atoms with E-state index in [0.29, 0.717) is 17.9 Å². The highest BCUT2D eigenvalue weighted by Gasteiger charge is 2.41. The topological polar surface area (TPSA) is 20.2 Å². The second kappa shape index (κ2) is 5.17. The molecule has 1 N–H and O–H groups in total. The minimum Gasteiger partial charge on any atom is -0.390 e. The molecule has 3 rings (SSSR count). The molecule has 0 spiro atoms. The van der Waals surface area contributed by atoms with Gasteiger partial charge in [-0.25, -0.2) is 4.39 Å². The lowest BCUT2D eigenvalue weighted by Gasteiger charge is -2.37. The first kappa shape index (κ1) is 13.6. The van der Waals surface area contributed by atoms with E-state index >= 15 is 0 Å². The first-order chi connectivity index (χ1) is 9.06. The van der Waals surface area contributed by atoms with Crippen LogP contribution in [0, 0.1) is 17.7 Å². The molecule has 1 aromatic carbocycles. The Morgan fingerprint density at radius 1 is 1.26 bits per heavy atom. The summed E-state index contributed by atoms with van der Waals surface area (Å²) in [5.74, 6) is 1.29. The number of aliphatic hydroxyl groups is 1. The molecule has 2 aliphatic rings. The van der Waals surface area contributed by atoms with Gasteiger partial charge in [0.25, 0.3) is 0 Å². The molecule has 2 unspecified atom stereocenters. The van der Waals surface area contributed by atoms with Gasteiger partial charge in [0.15, 0.2) is 0 Å². The number of halogens is 2. The van der Waals surface area contributed by atoms with Crippen molar-refractivity contribution in [2.45, 2.75) is 50.5 Å². The van der Waals surface area contributed by atoms with Gasteiger partial charge in [-0.05, 0) is 67.7 Å². The van der Waals surface area contributed by atoms with E-state index in [1.165, 1.54) is 25.3 Å². The van der Waals surface area contributed by atoms with Crippen molar-refractivity contribution in [3.8, 4) is 0 Å². The van der Waals surface area contributed by atoms with Gasteiger partial charge in [0.1, 0.15) is 5.82 Å². The van der Waals surface area contributed by atoms with E-state index in [1.54, 1.807) is 12.1 Å². The second-order valence-electron chi connectivity index (χ2n) is 6.33. The maximum atomic E-state index is 13.8. The smallest absolute Gasteiger partial charge is 0.126 e. The standard InChI is InChI=1S/C16H20BrFO/c17-14-5-6-15(18)13(8-14)10-16(19)7-1-2-12(9-16)11-3-4-11/h5-6,8,11-12,19H,1-4,7,9-10H2. The zero-order chi connectivity index (χ0) is 13.5. The minimum absolute atomic E-state index is 0.204. The molecule has 0 bridgehead atoms. The Labute approximate surface area is 122 Å². The summed E-state index contributed by atoms with van der Waals surface area (Å²) in [5.41, 5.74) is -0.0685. The summed E-state index contributed by atoms with van der Waals surface area (Å²) in [6.45, 7) is 0. The van der Waals surface area contributed by atoms with Gasteiger partial charge < -0.3 is 5.11 Å². The fourth-order valence-electron chi connectivity index (χ4n) is 3.55. The summed E-state index contributed by atoms with van der Waals surface area (Å²) in [7, 11) is 0. The fourth-order valence-corrected chi connectivity index (χ4v) is 3.96. The van der Waals surface area contributed by atoms with Gasteiger partial charge in [-0.15, -0.1) is 0 Å². The van der Waals surface area contributed by atoms with Crippen LogP contribution < -0.4 is 0 Å². The zero-order valence-corrected chi connectivity index (χ0v) is 12.6. The summed E-state index contributed by atoms with van der Waals surface area (Å²) in [6, 6.07) is 4.98. The first-order valence-electron chi connectivity index (χ1n) is 7.22. The molecule has 2 aliphatic carbocycles. The van der Waals surface area contributed by atoms with Crippen molar-refractivity contribution in [2.75, 3.05) is 0 Å². The minimum atomic E-state index is -0.701. The summed E-state index contributed by atoms with van der Waals surface area (Å²) in [5, 5.41) is 10.8. The Morgan fingerprint density at radius 3 is 2.79 bits per heavy atom. The van der Waals surface area contributed by atoms with Crippen LogP contribution in [0.5, 0.6) is 0 Å². The van der Waals surface area contributed by atoms with Crippen LogP contribution in [0.25, 0.3) is 0 Å². The molecule has 3 heteroatoms. The van der Waals surface area contributed by atoms with E-state index in [0.717, 1.165) is 29.7 Å². The molecule has 0 amide bonds. The highest BCUT2D eigenvalue weighted by molar-refractivity contribution is 9.10. The van der Waals surface area contributed by atoms with Gasteiger partial charge in [0, 0.05) is 10.9 Å². The zero-order valence-electron chi connectivity index (χ0n) is 11.0. The summed E-state index contributed by atoms with van der Waals surface area (Å²) >= 11 is 3.38. The first-order valence-corrected chi connectivity index (χ1v) is 8.01. The average Bonchev–Trinajstić information content (AvgIpc) is 3.18. The van der Waals surface area contributed by atoms with Gasteiger partial charge in [-0.2, -0.15) is 0 Å². The van der Waals surface area contributed by atoms with Crippen molar-refractivity contribution >= 4 is 15.9 Å². The number of rotatable bonds is 3. The molecular weight excluding hydrogens is 307 g/mol. The van der Waals surface area contributed by atoms with E-state index in [4.69, 9.17) is 0 Å². The molecule has 1 aromatic rings. The molecule has 2 saturated carbocycles. The molecule has 2 fully saturated rings. The molecule has 2 atom stereocenters. The largest absolute Gasteiger partial charge is 0.390 e. The van der Waals surface area contributed by atoms with Crippen LogP contribution in [0.2, 0.25) is 0 Å². The normalized spacial score (nSPS) is 31.4. The van der Waals surface area contributed by atoms with Crippen LogP contribution in [-0.2, 0) is 6.42 Å². The lowest BCUT2D eigenvalue weighted by atomic mass is 9.73. The fraction of sp³-hybridized carbons (Fsp3) is 0.625. The van der Waals surface area contributed by atoms with Crippen LogP contribution in [0.3, 0.4) is 0 Å². The lowest BCUT2D eigenvalue weighted by molar-refractivity contribution is -0.0201. The van der Waals surface area contributed by atoms with Crippen molar-refractivity contribution in [3.63, 3.8) is 0 Å². The molecule has 104 valence electrons. The summed E-state index contributed by atoms with van der Waals surface area (Å²) < 4.78 is 14.7. The van der Waals surface area contributed by atoms with E-state index in [-0.39, 0.29) is 5.82 Å². The Balaban J connectivity index is 1.74. The van der Waals surface area contributed by atoms with E-state index in [1.807, 2.05) is 0 Å². The predicted octanol–water partition coefficient (Wildman–Crippen LogP) is 4.46. The Morgan fingerprint density at radius 2 is 2.05 bits per heavy atom. The molecule has 19 heavy (non-hydrogen) atoms.